The third-order valence-corrected chi connectivity index (χ3v) is 8.79. The minimum atomic E-state index is -0.265. The highest BCUT2D eigenvalue weighted by Gasteiger charge is 2.42. The minimum Gasteiger partial charge on any atom is -0.0991 e. The number of rotatable bonds is 8. The monoisotopic (exact) mass is 544 g/mol. The van der Waals surface area contributed by atoms with Gasteiger partial charge in [-0.3, -0.25) is 0 Å². The van der Waals surface area contributed by atoms with Gasteiger partial charge in [0.15, 0.2) is 0 Å². The van der Waals surface area contributed by atoms with Crippen molar-refractivity contribution < 1.29 is 0 Å². The summed E-state index contributed by atoms with van der Waals surface area (Å²) in [4.78, 5) is 0. The van der Waals surface area contributed by atoms with Gasteiger partial charge in [-0.05, 0) is 107 Å². The van der Waals surface area contributed by atoms with E-state index in [4.69, 9.17) is 0 Å². The van der Waals surface area contributed by atoms with Crippen LogP contribution in [0.4, 0.5) is 0 Å². The highest BCUT2D eigenvalue weighted by Crippen LogP contribution is 2.56. The molecule has 0 nitrogen and oxygen atoms in total. The van der Waals surface area contributed by atoms with Gasteiger partial charge in [0, 0.05) is 5.41 Å². The van der Waals surface area contributed by atoms with Crippen molar-refractivity contribution in [2.45, 2.75) is 40.0 Å². The molecule has 1 aliphatic rings. The summed E-state index contributed by atoms with van der Waals surface area (Å²) in [5.74, 6) is 0. The van der Waals surface area contributed by atoms with E-state index in [-0.39, 0.29) is 5.41 Å². The Bertz CT molecular complexity index is 1850. The average Bonchev–Trinajstić information content (AvgIpc) is 3.30. The number of hydrogen-bond donors (Lipinski definition) is 0. The van der Waals surface area contributed by atoms with E-state index in [9.17, 15) is 0 Å². The van der Waals surface area contributed by atoms with Gasteiger partial charge in [0.2, 0.25) is 0 Å². The number of allylic oxidation sites excluding steroid dienone is 12. The molecule has 4 aromatic carbocycles. The van der Waals surface area contributed by atoms with Crippen LogP contribution in [0.5, 0.6) is 0 Å². The summed E-state index contributed by atoms with van der Waals surface area (Å²) in [6.07, 6.45) is 16.8. The van der Waals surface area contributed by atoms with Gasteiger partial charge in [0.1, 0.15) is 0 Å². The van der Waals surface area contributed by atoms with Crippen LogP contribution in [0.15, 0.2) is 157 Å². The topological polar surface area (TPSA) is 0 Å². The molecule has 42 heavy (non-hydrogen) atoms. The van der Waals surface area contributed by atoms with Crippen LogP contribution >= 0.6 is 0 Å². The molecule has 0 amide bonds. The zero-order valence-electron chi connectivity index (χ0n) is 25.5. The van der Waals surface area contributed by atoms with Crippen molar-refractivity contribution >= 4 is 16.3 Å². The fourth-order valence-corrected chi connectivity index (χ4v) is 6.74. The van der Waals surface area contributed by atoms with Crippen LogP contribution in [-0.2, 0) is 5.41 Å². The van der Waals surface area contributed by atoms with Gasteiger partial charge in [-0.1, -0.05) is 141 Å². The summed E-state index contributed by atoms with van der Waals surface area (Å²) >= 11 is 0. The van der Waals surface area contributed by atoms with Gasteiger partial charge >= 0.3 is 0 Å². The second-order valence-corrected chi connectivity index (χ2v) is 10.9. The Morgan fingerprint density at radius 1 is 0.690 bits per heavy atom. The summed E-state index contributed by atoms with van der Waals surface area (Å²) in [6, 6.07) is 29.2. The lowest BCUT2D eigenvalue weighted by atomic mass is 9.73. The second-order valence-electron chi connectivity index (χ2n) is 10.9. The molecule has 208 valence electrons. The third-order valence-electron chi connectivity index (χ3n) is 8.79. The Hall–Kier alpha value is -4.68. The minimum absolute atomic E-state index is 0.265. The molecule has 0 radical (unpaired) electrons. The van der Waals surface area contributed by atoms with Crippen molar-refractivity contribution in [2.24, 2.45) is 0 Å². The molecule has 1 unspecified atom stereocenters. The van der Waals surface area contributed by atoms with E-state index in [1.165, 1.54) is 66.4 Å². The smallest absolute Gasteiger partial charge is 0.0432 e. The van der Waals surface area contributed by atoms with E-state index in [1.54, 1.807) is 0 Å². The molecular weight excluding hydrogens is 504 g/mol. The van der Waals surface area contributed by atoms with Crippen molar-refractivity contribution in [1.82, 2.24) is 0 Å². The first-order valence-corrected chi connectivity index (χ1v) is 14.8. The van der Waals surface area contributed by atoms with Gasteiger partial charge in [-0.2, -0.15) is 0 Å². The summed E-state index contributed by atoms with van der Waals surface area (Å²) in [6.45, 7) is 18.8. The molecule has 1 atom stereocenters. The van der Waals surface area contributed by atoms with E-state index < -0.39 is 0 Å². The summed E-state index contributed by atoms with van der Waals surface area (Å²) in [7, 11) is 0. The standard InChI is InChI=1S/C42H40/c1-8-13-20-30(11-4)42(7)39-25-17-16-23-38(39)41-37(24-18-26-40(41)42)36-28-27-35(33-21-14-15-22-34(33)36)31(12-5)32(19-9-2)29(6)10-3/h8-28H,1,3H2,2,4-7H3/b19-9-,20-13-,30-11+,31-12+,32-29+. The van der Waals surface area contributed by atoms with Crippen LogP contribution in [0.2, 0.25) is 0 Å². The lowest BCUT2D eigenvalue weighted by Crippen LogP contribution is -2.22. The van der Waals surface area contributed by atoms with Crippen LogP contribution in [0, 0.1) is 0 Å². The van der Waals surface area contributed by atoms with E-state index >= 15 is 0 Å². The fourth-order valence-electron chi connectivity index (χ4n) is 6.74. The van der Waals surface area contributed by atoms with Crippen molar-refractivity contribution in [3.05, 3.63) is 174 Å². The first kappa shape index (κ1) is 28.8. The third kappa shape index (κ3) is 4.58. The van der Waals surface area contributed by atoms with Crippen molar-refractivity contribution in [1.29, 1.82) is 0 Å². The molecule has 0 N–H and O–H groups in total. The van der Waals surface area contributed by atoms with Crippen LogP contribution in [-0.4, -0.2) is 0 Å². The molecule has 4 aromatic rings. The second kappa shape index (κ2) is 12.0. The Kier molecular flexibility index (Phi) is 8.27. The molecule has 0 aliphatic heterocycles. The van der Waals surface area contributed by atoms with Crippen LogP contribution in [0.3, 0.4) is 0 Å². The van der Waals surface area contributed by atoms with Gasteiger partial charge in [-0.15, -0.1) is 0 Å². The Morgan fingerprint density at radius 2 is 1.38 bits per heavy atom. The van der Waals surface area contributed by atoms with Gasteiger partial charge in [0.25, 0.3) is 0 Å². The molecule has 0 heterocycles. The maximum atomic E-state index is 4.06. The molecule has 0 spiro atoms. The molecule has 0 saturated carbocycles. The van der Waals surface area contributed by atoms with E-state index in [0.29, 0.717) is 0 Å². The molecule has 0 heteroatoms. The van der Waals surface area contributed by atoms with Crippen LogP contribution in [0.25, 0.3) is 38.6 Å². The molecule has 0 fully saturated rings. The highest BCUT2D eigenvalue weighted by molar-refractivity contribution is 6.08. The quantitative estimate of drug-likeness (QED) is 0.194. The predicted molar refractivity (Wildman–Crippen MR) is 186 cm³/mol. The summed E-state index contributed by atoms with van der Waals surface area (Å²) in [5, 5.41) is 2.50. The van der Waals surface area contributed by atoms with Crippen LogP contribution < -0.4 is 0 Å². The summed E-state index contributed by atoms with van der Waals surface area (Å²) < 4.78 is 0. The Balaban J connectivity index is 1.81. The largest absolute Gasteiger partial charge is 0.0991 e. The number of fused-ring (bicyclic) bond motifs is 4. The zero-order valence-corrected chi connectivity index (χ0v) is 25.5. The molecule has 0 saturated heterocycles. The number of benzene rings is 4. The zero-order chi connectivity index (χ0) is 29.9. The predicted octanol–water partition coefficient (Wildman–Crippen LogP) is 12.0. The van der Waals surface area contributed by atoms with E-state index in [0.717, 1.165) is 5.57 Å². The van der Waals surface area contributed by atoms with Crippen molar-refractivity contribution in [3.8, 4) is 22.3 Å². The molecule has 5 rings (SSSR count). The molecule has 0 aromatic heterocycles. The highest BCUT2D eigenvalue weighted by atomic mass is 14.4. The molecule has 0 bridgehead atoms. The van der Waals surface area contributed by atoms with Crippen molar-refractivity contribution in [2.75, 3.05) is 0 Å². The van der Waals surface area contributed by atoms with E-state index in [1.807, 2.05) is 18.2 Å². The SMILES string of the molecule is C=C/C=C\C(=C/C)C1(C)c2ccccc2-c2c(-c3ccc(C(=C/C)/C(/C=C\C)=C(\C)C=C)c4ccccc34)cccc21. The van der Waals surface area contributed by atoms with Crippen LogP contribution in [0.1, 0.15) is 51.3 Å². The van der Waals surface area contributed by atoms with Gasteiger partial charge < -0.3 is 0 Å². The normalized spacial score (nSPS) is 17.5. The fraction of sp³-hybridized carbons (Fsp3) is 0.143. The van der Waals surface area contributed by atoms with Gasteiger partial charge in [-0.25, -0.2) is 0 Å². The van der Waals surface area contributed by atoms with Crippen molar-refractivity contribution in [3.63, 3.8) is 0 Å². The van der Waals surface area contributed by atoms with Gasteiger partial charge in [0.05, 0.1) is 0 Å². The average molecular weight is 545 g/mol. The Labute approximate surface area is 252 Å². The maximum Gasteiger partial charge on any atom is 0.0432 e. The molecular formula is C42H40. The number of hydrogen-bond acceptors (Lipinski definition) is 0. The maximum absolute atomic E-state index is 4.06. The first-order chi connectivity index (χ1) is 20.5. The first-order valence-electron chi connectivity index (χ1n) is 14.8. The van der Waals surface area contributed by atoms with E-state index in [2.05, 4.69) is 157 Å². The lowest BCUT2D eigenvalue weighted by molar-refractivity contribution is 0.711. The molecule has 1 aliphatic carbocycles. The lowest BCUT2D eigenvalue weighted by Gasteiger charge is -2.29. The Morgan fingerprint density at radius 3 is 2.07 bits per heavy atom. The summed E-state index contributed by atoms with van der Waals surface area (Å²) in [5.41, 5.74) is 13.6.